The lowest BCUT2D eigenvalue weighted by atomic mass is 10.2. The van der Waals surface area contributed by atoms with Crippen LogP contribution in [0, 0.1) is 0 Å². The smallest absolute Gasteiger partial charge is 0.233 e. The first kappa shape index (κ1) is 12.4. The summed E-state index contributed by atoms with van der Waals surface area (Å²) < 4.78 is 0. The fourth-order valence-electron chi connectivity index (χ4n) is 1.98. The van der Waals surface area contributed by atoms with E-state index in [9.17, 15) is 9.59 Å². The fourth-order valence-corrected chi connectivity index (χ4v) is 2.86. The molecule has 2 amide bonds. The quantitative estimate of drug-likeness (QED) is 0.786. The summed E-state index contributed by atoms with van der Waals surface area (Å²) in [4.78, 5) is 29.3. The molecule has 1 saturated heterocycles. The van der Waals surface area contributed by atoms with Gasteiger partial charge in [0.1, 0.15) is 0 Å². The number of aliphatic imine (C=N–C) groups is 1. The van der Waals surface area contributed by atoms with Crippen molar-refractivity contribution in [1.82, 2.24) is 10.2 Å². The number of nitrogens with zero attached hydrogens (tertiary/aromatic N) is 2. The van der Waals surface area contributed by atoms with E-state index in [1.165, 1.54) is 11.8 Å². The Hall–Kier alpha value is -1.04. The number of amidine groups is 1. The van der Waals surface area contributed by atoms with E-state index >= 15 is 0 Å². The Labute approximate surface area is 105 Å². The Kier molecular flexibility index (Phi) is 4.04. The van der Waals surface area contributed by atoms with Crippen LogP contribution < -0.4 is 5.32 Å². The predicted molar refractivity (Wildman–Crippen MR) is 67.9 cm³/mol. The topological polar surface area (TPSA) is 61.8 Å². The van der Waals surface area contributed by atoms with Crippen molar-refractivity contribution >= 4 is 28.7 Å². The molecular weight excluding hydrogens is 238 g/mol. The normalized spacial score (nSPS) is 24.5. The second-order valence-electron chi connectivity index (χ2n) is 4.41. The minimum absolute atomic E-state index is 0.0105. The summed E-state index contributed by atoms with van der Waals surface area (Å²) in [5, 5.41) is 3.28. The molecule has 5 nitrogen and oxygen atoms in total. The summed E-state index contributed by atoms with van der Waals surface area (Å²) in [7, 11) is 0. The maximum Gasteiger partial charge on any atom is 0.233 e. The van der Waals surface area contributed by atoms with Gasteiger partial charge in [0, 0.05) is 19.5 Å². The lowest BCUT2D eigenvalue weighted by Gasteiger charge is -2.19. The van der Waals surface area contributed by atoms with Gasteiger partial charge in [0.25, 0.3) is 0 Å². The standard InChI is InChI=1S/C11H17N3O2S/c1-8-6-9(15)13-11(12-8)17-7-10(16)14-4-2-3-5-14/h8H,2-7H2,1H3,(H,12,13,15). The third-order valence-corrected chi connectivity index (χ3v) is 3.73. The van der Waals surface area contributed by atoms with Gasteiger partial charge in [-0.05, 0) is 19.8 Å². The van der Waals surface area contributed by atoms with Gasteiger partial charge in [-0.1, -0.05) is 11.8 Å². The van der Waals surface area contributed by atoms with Crippen molar-refractivity contribution in [1.29, 1.82) is 0 Å². The summed E-state index contributed by atoms with van der Waals surface area (Å²) in [5.74, 6) is 0.498. The maximum absolute atomic E-state index is 11.8. The minimum Gasteiger partial charge on any atom is -0.342 e. The Morgan fingerprint density at radius 1 is 1.53 bits per heavy atom. The minimum atomic E-state index is -0.0105. The van der Waals surface area contributed by atoms with Crippen molar-refractivity contribution < 1.29 is 9.59 Å². The molecule has 0 aromatic rings. The number of nitrogens with one attached hydrogen (secondary N) is 1. The molecule has 94 valence electrons. The Morgan fingerprint density at radius 3 is 2.88 bits per heavy atom. The second-order valence-corrected chi connectivity index (χ2v) is 5.38. The Morgan fingerprint density at radius 2 is 2.24 bits per heavy atom. The number of rotatable bonds is 2. The molecule has 0 aromatic heterocycles. The molecule has 1 atom stereocenters. The van der Waals surface area contributed by atoms with Crippen LogP contribution in [0.1, 0.15) is 26.2 Å². The van der Waals surface area contributed by atoms with Crippen LogP contribution in [0.15, 0.2) is 4.99 Å². The van der Waals surface area contributed by atoms with E-state index in [2.05, 4.69) is 10.3 Å². The van der Waals surface area contributed by atoms with E-state index in [-0.39, 0.29) is 17.9 Å². The van der Waals surface area contributed by atoms with Crippen LogP contribution in [-0.2, 0) is 9.59 Å². The molecule has 2 aliphatic rings. The zero-order chi connectivity index (χ0) is 12.3. The highest BCUT2D eigenvalue weighted by atomic mass is 32.2. The van der Waals surface area contributed by atoms with Crippen molar-refractivity contribution in [2.45, 2.75) is 32.2 Å². The molecule has 1 unspecified atom stereocenters. The molecular formula is C11H17N3O2S. The summed E-state index contributed by atoms with van der Waals surface area (Å²) >= 11 is 1.33. The number of carbonyl (C=O) groups is 2. The molecule has 2 aliphatic heterocycles. The monoisotopic (exact) mass is 255 g/mol. The van der Waals surface area contributed by atoms with Gasteiger partial charge in [-0.25, -0.2) is 0 Å². The number of amides is 2. The van der Waals surface area contributed by atoms with Crippen LogP contribution in [0.25, 0.3) is 0 Å². The summed E-state index contributed by atoms with van der Waals surface area (Å²) in [6.45, 7) is 3.64. The van der Waals surface area contributed by atoms with Crippen molar-refractivity contribution in [2.75, 3.05) is 18.8 Å². The van der Waals surface area contributed by atoms with Gasteiger partial charge in [0.2, 0.25) is 11.8 Å². The van der Waals surface area contributed by atoms with Crippen LogP contribution in [0.5, 0.6) is 0 Å². The van der Waals surface area contributed by atoms with E-state index in [1.807, 2.05) is 11.8 Å². The first-order valence-corrected chi connectivity index (χ1v) is 6.92. The molecule has 0 radical (unpaired) electrons. The van der Waals surface area contributed by atoms with Gasteiger partial charge < -0.3 is 10.2 Å². The second kappa shape index (κ2) is 5.53. The van der Waals surface area contributed by atoms with Crippen LogP contribution in [0.2, 0.25) is 0 Å². The van der Waals surface area contributed by atoms with E-state index in [0.717, 1.165) is 25.9 Å². The van der Waals surface area contributed by atoms with Gasteiger partial charge in [-0.15, -0.1) is 0 Å². The fraction of sp³-hybridized carbons (Fsp3) is 0.727. The van der Waals surface area contributed by atoms with Crippen molar-refractivity contribution in [2.24, 2.45) is 4.99 Å². The van der Waals surface area contributed by atoms with E-state index in [0.29, 0.717) is 17.3 Å². The molecule has 0 aromatic carbocycles. The molecule has 6 heteroatoms. The van der Waals surface area contributed by atoms with E-state index in [1.54, 1.807) is 0 Å². The first-order valence-electron chi connectivity index (χ1n) is 5.93. The molecule has 0 bridgehead atoms. The lowest BCUT2D eigenvalue weighted by Crippen LogP contribution is -2.37. The van der Waals surface area contributed by atoms with Crippen molar-refractivity contribution in [3.8, 4) is 0 Å². The molecule has 17 heavy (non-hydrogen) atoms. The van der Waals surface area contributed by atoms with Crippen molar-refractivity contribution in [3.63, 3.8) is 0 Å². The largest absolute Gasteiger partial charge is 0.342 e. The molecule has 2 rings (SSSR count). The number of carbonyl (C=O) groups excluding carboxylic acids is 2. The van der Waals surface area contributed by atoms with Gasteiger partial charge in [0.15, 0.2) is 5.17 Å². The molecule has 0 aliphatic carbocycles. The van der Waals surface area contributed by atoms with Gasteiger partial charge in [-0.3, -0.25) is 14.6 Å². The first-order chi connectivity index (χ1) is 8.15. The van der Waals surface area contributed by atoms with Crippen LogP contribution in [0.3, 0.4) is 0 Å². The number of hydrogen-bond donors (Lipinski definition) is 1. The number of thioether (sulfide) groups is 1. The highest BCUT2D eigenvalue weighted by molar-refractivity contribution is 8.14. The average Bonchev–Trinajstić information content (AvgIpc) is 2.78. The molecule has 1 fully saturated rings. The van der Waals surface area contributed by atoms with Crippen LogP contribution >= 0.6 is 11.8 Å². The maximum atomic E-state index is 11.8. The zero-order valence-corrected chi connectivity index (χ0v) is 10.8. The third kappa shape index (κ3) is 3.46. The summed E-state index contributed by atoms with van der Waals surface area (Å²) in [5.41, 5.74) is 0. The van der Waals surface area contributed by atoms with E-state index in [4.69, 9.17) is 0 Å². The zero-order valence-electron chi connectivity index (χ0n) is 9.94. The molecule has 1 N–H and O–H groups in total. The SMILES string of the molecule is CC1CC(=O)NC(SCC(=O)N2CCCC2)=N1. The molecule has 0 spiro atoms. The Balaban J connectivity index is 1.81. The molecule has 0 saturated carbocycles. The van der Waals surface area contributed by atoms with Gasteiger partial charge in [0.05, 0.1) is 11.8 Å². The predicted octanol–water partition coefficient (Wildman–Crippen LogP) is 0.606. The third-order valence-electron chi connectivity index (χ3n) is 2.86. The van der Waals surface area contributed by atoms with Crippen LogP contribution in [-0.4, -0.2) is 46.8 Å². The van der Waals surface area contributed by atoms with Gasteiger partial charge >= 0.3 is 0 Å². The average molecular weight is 255 g/mol. The highest BCUT2D eigenvalue weighted by Gasteiger charge is 2.21. The van der Waals surface area contributed by atoms with Crippen LogP contribution in [0.4, 0.5) is 0 Å². The Bertz CT molecular complexity index is 351. The van der Waals surface area contributed by atoms with Crippen molar-refractivity contribution in [3.05, 3.63) is 0 Å². The summed E-state index contributed by atoms with van der Waals surface area (Å²) in [6.07, 6.45) is 2.64. The summed E-state index contributed by atoms with van der Waals surface area (Å²) in [6, 6.07) is 0.0214. The number of hydrogen-bond acceptors (Lipinski definition) is 4. The number of likely N-dealkylation sites (tertiary alicyclic amines) is 1. The lowest BCUT2D eigenvalue weighted by molar-refractivity contribution is -0.127. The molecule has 2 heterocycles. The van der Waals surface area contributed by atoms with E-state index < -0.39 is 0 Å². The highest BCUT2D eigenvalue weighted by Crippen LogP contribution is 2.14. The van der Waals surface area contributed by atoms with Gasteiger partial charge in [-0.2, -0.15) is 0 Å².